The number of hydrogen-bond acceptors (Lipinski definition) is 4. The third-order valence-corrected chi connectivity index (χ3v) is 4.54. The van der Waals surface area contributed by atoms with Gasteiger partial charge in [-0.1, -0.05) is 42.5 Å². The van der Waals surface area contributed by atoms with Crippen molar-refractivity contribution in [1.82, 2.24) is 4.90 Å². The summed E-state index contributed by atoms with van der Waals surface area (Å²) >= 11 is 0. The van der Waals surface area contributed by atoms with Gasteiger partial charge < -0.3 is 9.64 Å². The Balaban J connectivity index is 1.84. The number of anilines is 1. The van der Waals surface area contributed by atoms with E-state index in [0.29, 0.717) is 43.1 Å². The fourth-order valence-electron chi connectivity index (χ4n) is 3.32. The first-order chi connectivity index (χ1) is 12.7. The third-order valence-electron chi connectivity index (χ3n) is 4.54. The quantitative estimate of drug-likeness (QED) is 0.796. The minimum absolute atomic E-state index is 0.0285. The Morgan fingerprint density at radius 3 is 2.19 bits per heavy atom. The summed E-state index contributed by atoms with van der Waals surface area (Å²) in [6.07, 6.45) is 0. The number of benzene rings is 2. The van der Waals surface area contributed by atoms with Crippen molar-refractivity contribution in [2.75, 3.05) is 31.2 Å². The van der Waals surface area contributed by atoms with Crippen LogP contribution in [0.1, 0.15) is 5.56 Å². The van der Waals surface area contributed by atoms with E-state index in [1.54, 1.807) is 18.2 Å². The van der Waals surface area contributed by atoms with Crippen molar-refractivity contribution in [3.05, 3.63) is 71.7 Å². The molecule has 0 bridgehead atoms. The van der Waals surface area contributed by atoms with E-state index in [1.165, 1.54) is 18.2 Å². The van der Waals surface area contributed by atoms with Gasteiger partial charge in [0, 0.05) is 13.1 Å². The molecule has 0 spiro atoms. The van der Waals surface area contributed by atoms with Gasteiger partial charge in [-0.3, -0.25) is 9.59 Å². The molecular weight excluding hydrogens is 335 g/mol. The summed E-state index contributed by atoms with van der Waals surface area (Å²) in [7, 11) is 0. The molecule has 132 valence electrons. The van der Waals surface area contributed by atoms with Crippen LogP contribution >= 0.6 is 0 Å². The molecule has 2 aliphatic rings. The van der Waals surface area contributed by atoms with Crippen LogP contribution < -0.4 is 4.90 Å². The zero-order chi connectivity index (χ0) is 18.1. The Hall–Kier alpha value is -2.99. The van der Waals surface area contributed by atoms with E-state index in [-0.39, 0.29) is 5.69 Å². The molecule has 5 nitrogen and oxygen atoms in total. The number of halogens is 1. The highest BCUT2D eigenvalue weighted by molar-refractivity contribution is 6.45. The van der Waals surface area contributed by atoms with Crippen molar-refractivity contribution in [2.45, 2.75) is 0 Å². The van der Waals surface area contributed by atoms with Crippen molar-refractivity contribution in [3.63, 3.8) is 0 Å². The Morgan fingerprint density at radius 2 is 1.50 bits per heavy atom. The number of ether oxygens (including phenoxy) is 1. The largest absolute Gasteiger partial charge is 0.378 e. The number of para-hydroxylation sites is 1. The van der Waals surface area contributed by atoms with Gasteiger partial charge in [-0.05, 0) is 17.7 Å². The van der Waals surface area contributed by atoms with Crippen LogP contribution in [0.15, 0.2) is 60.3 Å². The molecule has 1 saturated heterocycles. The number of rotatable bonds is 3. The van der Waals surface area contributed by atoms with Crippen LogP contribution in [0.4, 0.5) is 10.1 Å². The Bertz CT molecular complexity index is 889. The lowest BCUT2D eigenvalue weighted by Gasteiger charge is -2.29. The second-order valence-electron chi connectivity index (χ2n) is 6.09. The number of imide groups is 1. The van der Waals surface area contributed by atoms with Gasteiger partial charge in [0.1, 0.15) is 11.5 Å². The van der Waals surface area contributed by atoms with Crippen molar-refractivity contribution in [2.24, 2.45) is 0 Å². The van der Waals surface area contributed by atoms with Crippen LogP contribution in [0.5, 0.6) is 0 Å². The molecule has 0 radical (unpaired) electrons. The van der Waals surface area contributed by atoms with Crippen molar-refractivity contribution in [1.29, 1.82) is 0 Å². The van der Waals surface area contributed by atoms with Gasteiger partial charge in [0.15, 0.2) is 0 Å². The van der Waals surface area contributed by atoms with Gasteiger partial charge >= 0.3 is 0 Å². The van der Waals surface area contributed by atoms with E-state index in [4.69, 9.17) is 4.74 Å². The molecule has 0 saturated carbocycles. The zero-order valence-corrected chi connectivity index (χ0v) is 14.0. The lowest BCUT2D eigenvalue weighted by molar-refractivity contribution is -0.121. The van der Waals surface area contributed by atoms with E-state index < -0.39 is 17.6 Å². The highest BCUT2D eigenvalue weighted by atomic mass is 19.1. The third kappa shape index (κ3) is 2.68. The second kappa shape index (κ2) is 6.72. The van der Waals surface area contributed by atoms with Crippen LogP contribution in [-0.2, 0) is 14.3 Å². The first-order valence-corrected chi connectivity index (χ1v) is 8.44. The summed E-state index contributed by atoms with van der Waals surface area (Å²) in [6, 6.07) is 14.8. The molecule has 4 rings (SSSR count). The summed E-state index contributed by atoms with van der Waals surface area (Å²) in [4.78, 5) is 29.1. The summed E-state index contributed by atoms with van der Waals surface area (Å²) in [5.41, 5.74) is 1.24. The van der Waals surface area contributed by atoms with E-state index >= 15 is 0 Å². The maximum atomic E-state index is 14.3. The summed E-state index contributed by atoms with van der Waals surface area (Å²) in [5, 5.41) is 0. The van der Waals surface area contributed by atoms with Gasteiger partial charge in [0.2, 0.25) is 0 Å². The van der Waals surface area contributed by atoms with E-state index in [2.05, 4.69) is 0 Å². The summed E-state index contributed by atoms with van der Waals surface area (Å²) < 4.78 is 19.6. The molecule has 0 N–H and O–H groups in total. The van der Waals surface area contributed by atoms with Gasteiger partial charge in [0.05, 0.1) is 24.5 Å². The van der Waals surface area contributed by atoms with Gasteiger partial charge in [-0.15, -0.1) is 0 Å². The SMILES string of the molecule is O=C1C(c2ccccc2)=C(N2CCOCC2)C(=O)N1c1ccccc1F. The molecule has 2 aromatic rings. The van der Waals surface area contributed by atoms with Crippen molar-refractivity contribution >= 4 is 23.1 Å². The zero-order valence-electron chi connectivity index (χ0n) is 14.0. The number of hydrogen-bond donors (Lipinski definition) is 0. The molecular formula is C20H17FN2O3. The Kier molecular flexibility index (Phi) is 4.26. The molecule has 2 aromatic carbocycles. The van der Waals surface area contributed by atoms with Crippen LogP contribution in [-0.4, -0.2) is 43.0 Å². The molecule has 2 heterocycles. The van der Waals surface area contributed by atoms with E-state index in [9.17, 15) is 14.0 Å². The second-order valence-corrected chi connectivity index (χ2v) is 6.09. The lowest BCUT2D eigenvalue weighted by Crippen LogP contribution is -2.40. The first kappa shape index (κ1) is 16.5. The predicted molar refractivity (Wildman–Crippen MR) is 94.6 cm³/mol. The highest BCUT2D eigenvalue weighted by Gasteiger charge is 2.43. The molecule has 0 aliphatic carbocycles. The molecule has 1 fully saturated rings. The van der Waals surface area contributed by atoms with Crippen molar-refractivity contribution < 1.29 is 18.7 Å². The van der Waals surface area contributed by atoms with E-state index in [1.807, 2.05) is 23.1 Å². The van der Waals surface area contributed by atoms with Crippen LogP contribution in [0.25, 0.3) is 5.57 Å². The summed E-state index contributed by atoms with van der Waals surface area (Å²) in [5.74, 6) is -1.61. The standard InChI is InChI=1S/C20H17FN2O3/c21-15-8-4-5-9-16(15)23-19(24)17(14-6-2-1-3-7-14)18(20(23)25)22-10-12-26-13-11-22/h1-9H,10-13H2. The van der Waals surface area contributed by atoms with Gasteiger partial charge in [-0.2, -0.15) is 0 Å². The topological polar surface area (TPSA) is 49.9 Å². The van der Waals surface area contributed by atoms with Gasteiger partial charge in [0.25, 0.3) is 11.8 Å². The number of carbonyl (C=O) groups excluding carboxylic acids is 2. The van der Waals surface area contributed by atoms with Crippen molar-refractivity contribution in [3.8, 4) is 0 Å². The fraction of sp³-hybridized carbons (Fsp3) is 0.200. The Morgan fingerprint density at radius 1 is 0.846 bits per heavy atom. The lowest BCUT2D eigenvalue weighted by atomic mass is 10.0. The fourth-order valence-corrected chi connectivity index (χ4v) is 3.32. The van der Waals surface area contributed by atoms with Crippen LogP contribution in [0, 0.1) is 5.82 Å². The summed E-state index contributed by atoms with van der Waals surface area (Å²) in [6.45, 7) is 1.98. The molecule has 0 atom stereocenters. The van der Waals surface area contributed by atoms with Crippen LogP contribution in [0.3, 0.4) is 0 Å². The monoisotopic (exact) mass is 352 g/mol. The molecule has 26 heavy (non-hydrogen) atoms. The number of morpholine rings is 1. The molecule has 2 aliphatic heterocycles. The highest BCUT2D eigenvalue weighted by Crippen LogP contribution is 2.35. The normalized spacial score (nSPS) is 18.0. The maximum Gasteiger partial charge on any atom is 0.282 e. The average Bonchev–Trinajstić information content (AvgIpc) is 2.94. The smallest absolute Gasteiger partial charge is 0.282 e. The first-order valence-electron chi connectivity index (χ1n) is 8.44. The molecule has 0 aromatic heterocycles. The van der Waals surface area contributed by atoms with Gasteiger partial charge in [-0.25, -0.2) is 9.29 Å². The molecule has 6 heteroatoms. The number of nitrogens with zero attached hydrogens (tertiary/aromatic N) is 2. The molecule has 0 unspecified atom stereocenters. The minimum atomic E-state index is -0.607. The predicted octanol–water partition coefficient (Wildman–Crippen LogP) is 2.44. The minimum Gasteiger partial charge on any atom is -0.378 e. The maximum absolute atomic E-state index is 14.3. The molecule has 2 amide bonds. The average molecular weight is 352 g/mol. The number of amides is 2. The Labute approximate surface area is 150 Å². The van der Waals surface area contributed by atoms with E-state index in [0.717, 1.165) is 4.90 Å². The van der Waals surface area contributed by atoms with Crippen LogP contribution in [0.2, 0.25) is 0 Å². The number of carbonyl (C=O) groups is 2.